The Morgan fingerprint density at radius 1 is 1.23 bits per heavy atom. The van der Waals surface area contributed by atoms with Crippen molar-refractivity contribution in [2.75, 3.05) is 4.72 Å². The van der Waals surface area contributed by atoms with Crippen LogP contribution in [0.5, 0.6) is 0 Å². The fourth-order valence-electron chi connectivity index (χ4n) is 2.80. The molecule has 0 saturated heterocycles. The summed E-state index contributed by atoms with van der Waals surface area (Å²) in [6, 6.07) is 11.9. The van der Waals surface area contributed by atoms with E-state index in [1.54, 1.807) is 42.5 Å². The molecule has 3 aromatic rings. The summed E-state index contributed by atoms with van der Waals surface area (Å²) < 4.78 is 29.9. The number of hydrogen-bond acceptors (Lipinski definition) is 4. The third-order valence-corrected chi connectivity index (χ3v) is 4.54. The molecule has 0 aliphatic heterocycles. The highest BCUT2D eigenvalue weighted by molar-refractivity contribution is 7.90. The fraction of sp³-hybridized carbons (Fsp3) is 0.105. The maximum absolute atomic E-state index is 12.4. The smallest absolute Gasteiger partial charge is 0.340 e. The number of aryl methyl sites for hydroxylation is 1. The maximum atomic E-state index is 12.4. The van der Waals surface area contributed by atoms with Gasteiger partial charge in [0.25, 0.3) is 10.2 Å². The van der Waals surface area contributed by atoms with Crippen molar-refractivity contribution < 1.29 is 12.8 Å². The summed E-state index contributed by atoms with van der Waals surface area (Å²) in [5.41, 5.74) is 3.05. The summed E-state index contributed by atoms with van der Waals surface area (Å²) in [6.45, 7) is 1.83. The van der Waals surface area contributed by atoms with E-state index >= 15 is 0 Å². The minimum absolute atomic E-state index is 0.282. The minimum Gasteiger partial charge on any atom is -0.423 e. The predicted molar refractivity (Wildman–Crippen MR) is 101 cm³/mol. The second-order valence-electron chi connectivity index (χ2n) is 5.87. The molecule has 3 N–H and O–H groups in total. The van der Waals surface area contributed by atoms with Gasteiger partial charge >= 0.3 is 5.63 Å². The third kappa shape index (κ3) is 3.77. The number of nitrogens with two attached hydrogens (primary N) is 1. The zero-order chi connectivity index (χ0) is 18.9. The summed E-state index contributed by atoms with van der Waals surface area (Å²) >= 11 is 0. The van der Waals surface area contributed by atoms with Gasteiger partial charge in [0.05, 0.1) is 5.69 Å². The van der Waals surface area contributed by atoms with E-state index in [2.05, 4.69) is 10.6 Å². The predicted octanol–water partition coefficient (Wildman–Crippen LogP) is 2.29. The third-order valence-electron chi connectivity index (χ3n) is 4.02. The summed E-state index contributed by atoms with van der Waals surface area (Å²) in [5.74, 6) is 2.56. The number of hydrogen-bond donors (Lipinski definition) is 2. The van der Waals surface area contributed by atoms with Crippen LogP contribution in [0.25, 0.3) is 11.0 Å². The Kier molecular flexibility index (Phi) is 4.55. The van der Waals surface area contributed by atoms with Crippen LogP contribution in [-0.2, 0) is 16.6 Å². The Labute approximate surface area is 150 Å². The van der Waals surface area contributed by atoms with Crippen molar-refractivity contribution in [3.05, 3.63) is 75.1 Å². The van der Waals surface area contributed by atoms with Gasteiger partial charge in [0.2, 0.25) is 0 Å². The van der Waals surface area contributed by atoms with Crippen molar-refractivity contribution in [2.24, 2.45) is 5.14 Å². The van der Waals surface area contributed by atoms with Crippen LogP contribution in [0.2, 0.25) is 0 Å². The van der Waals surface area contributed by atoms with Crippen molar-refractivity contribution in [3.8, 4) is 12.3 Å². The van der Waals surface area contributed by atoms with E-state index in [0.29, 0.717) is 22.4 Å². The summed E-state index contributed by atoms with van der Waals surface area (Å²) in [5, 5.41) is 5.76. The molecule has 0 aliphatic rings. The first-order valence-electron chi connectivity index (χ1n) is 7.69. The van der Waals surface area contributed by atoms with E-state index in [1.807, 2.05) is 6.92 Å². The van der Waals surface area contributed by atoms with Gasteiger partial charge < -0.3 is 4.42 Å². The molecular formula is C19H16N2O4S. The van der Waals surface area contributed by atoms with Gasteiger partial charge in [-0.15, -0.1) is 6.42 Å². The van der Waals surface area contributed by atoms with E-state index < -0.39 is 15.8 Å². The molecule has 1 heterocycles. The summed E-state index contributed by atoms with van der Waals surface area (Å²) in [4.78, 5) is 12.4. The van der Waals surface area contributed by atoms with Crippen molar-refractivity contribution >= 4 is 26.9 Å². The van der Waals surface area contributed by atoms with Gasteiger partial charge in [0.15, 0.2) is 0 Å². The van der Waals surface area contributed by atoms with Crippen molar-refractivity contribution in [1.82, 2.24) is 0 Å². The lowest BCUT2D eigenvalue weighted by Gasteiger charge is -2.10. The fourth-order valence-corrected chi connectivity index (χ4v) is 3.25. The zero-order valence-corrected chi connectivity index (χ0v) is 14.8. The number of rotatable bonds is 4. The Morgan fingerprint density at radius 2 is 2.00 bits per heavy atom. The molecule has 1 aromatic heterocycles. The summed E-state index contributed by atoms with van der Waals surface area (Å²) in [6.07, 6.45) is 5.72. The molecular weight excluding hydrogens is 352 g/mol. The number of fused-ring (bicyclic) bond motifs is 1. The van der Waals surface area contributed by atoms with E-state index in [1.165, 1.54) is 0 Å². The van der Waals surface area contributed by atoms with Crippen molar-refractivity contribution in [2.45, 2.75) is 13.3 Å². The first kappa shape index (κ1) is 17.7. The standard InChI is InChI=1S/C19H16N2O4S/c1-3-13-7-8-18-16(10-13)12(2)17(19(22)25-18)11-14-5-4-6-15(9-14)21-26(20,23)24/h1,4-10,21H,11H2,2H3,(H2,20,23,24). The molecule has 7 heteroatoms. The van der Waals surface area contributed by atoms with E-state index in [0.717, 1.165) is 16.5 Å². The van der Waals surface area contributed by atoms with Crippen LogP contribution in [0.4, 0.5) is 5.69 Å². The topological polar surface area (TPSA) is 102 Å². The van der Waals surface area contributed by atoms with Crippen LogP contribution < -0.4 is 15.5 Å². The molecule has 0 spiro atoms. The molecule has 6 nitrogen and oxygen atoms in total. The van der Waals surface area contributed by atoms with Crippen LogP contribution in [-0.4, -0.2) is 8.42 Å². The number of anilines is 1. The maximum Gasteiger partial charge on any atom is 0.340 e. The number of nitrogens with one attached hydrogen (secondary N) is 1. The first-order chi connectivity index (χ1) is 12.3. The molecule has 0 radical (unpaired) electrons. The summed E-state index contributed by atoms with van der Waals surface area (Å²) in [7, 11) is -3.87. The van der Waals surface area contributed by atoms with Gasteiger partial charge in [-0.25, -0.2) is 9.93 Å². The molecule has 0 amide bonds. The van der Waals surface area contributed by atoms with Gasteiger partial charge in [0.1, 0.15) is 5.58 Å². The Hall–Kier alpha value is -3.08. The quantitative estimate of drug-likeness (QED) is 0.545. The van der Waals surface area contributed by atoms with Crippen molar-refractivity contribution in [1.29, 1.82) is 0 Å². The molecule has 0 bridgehead atoms. The van der Waals surface area contributed by atoms with E-state index in [4.69, 9.17) is 16.0 Å². The van der Waals surface area contributed by atoms with E-state index in [-0.39, 0.29) is 6.42 Å². The highest BCUT2D eigenvalue weighted by Crippen LogP contribution is 2.23. The molecule has 0 atom stereocenters. The van der Waals surface area contributed by atoms with Crippen LogP contribution in [0.15, 0.2) is 51.7 Å². The van der Waals surface area contributed by atoms with Crippen molar-refractivity contribution in [3.63, 3.8) is 0 Å². The number of benzene rings is 2. The molecule has 26 heavy (non-hydrogen) atoms. The van der Waals surface area contributed by atoms with Gasteiger partial charge in [-0.05, 0) is 48.4 Å². The molecule has 0 unspecified atom stereocenters. The highest BCUT2D eigenvalue weighted by atomic mass is 32.2. The average Bonchev–Trinajstić information content (AvgIpc) is 2.57. The SMILES string of the molecule is C#Cc1ccc2oc(=O)c(Cc3cccc(NS(N)(=O)=O)c3)c(C)c2c1. The Bertz CT molecular complexity index is 1200. The Morgan fingerprint density at radius 3 is 2.69 bits per heavy atom. The first-order valence-corrected chi connectivity index (χ1v) is 9.24. The second kappa shape index (κ2) is 6.67. The van der Waals surface area contributed by atoms with E-state index in [9.17, 15) is 13.2 Å². The number of terminal acetylenes is 1. The van der Waals surface area contributed by atoms with Crippen LogP contribution in [0.3, 0.4) is 0 Å². The van der Waals surface area contributed by atoms with Gasteiger partial charge in [-0.1, -0.05) is 18.1 Å². The molecule has 2 aromatic carbocycles. The highest BCUT2D eigenvalue weighted by Gasteiger charge is 2.13. The lowest BCUT2D eigenvalue weighted by Crippen LogP contribution is -2.21. The van der Waals surface area contributed by atoms with Crippen LogP contribution >= 0.6 is 0 Å². The van der Waals surface area contributed by atoms with Crippen LogP contribution in [0.1, 0.15) is 22.3 Å². The zero-order valence-electron chi connectivity index (χ0n) is 13.9. The molecule has 0 fully saturated rings. The monoisotopic (exact) mass is 368 g/mol. The Balaban J connectivity index is 2.05. The molecule has 0 saturated carbocycles. The minimum atomic E-state index is -3.87. The second-order valence-corrected chi connectivity index (χ2v) is 7.17. The lowest BCUT2D eigenvalue weighted by atomic mass is 9.98. The largest absolute Gasteiger partial charge is 0.423 e. The van der Waals surface area contributed by atoms with Crippen LogP contribution in [0, 0.1) is 19.3 Å². The molecule has 0 aliphatic carbocycles. The molecule has 3 rings (SSSR count). The molecule has 132 valence electrons. The normalized spacial score (nSPS) is 11.3. The van der Waals surface area contributed by atoms with Gasteiger partial charge in [-0.2, -0.15) is 8.42 Å². The van der Waals surface area contributed by atoms with Gasteiger partial charge in [0, 0.05) is 22.9 Å². The van der Waals surface area contributed by atoms with Gasteiger partial charge in [-0.3, -0.25) is 4.72 Å². The average molecular weight is 368 g/mol. The lowest BCUT2D eigenvalue weighted by molar-refractivity contribution is 0.551.